The summed E-state index contributed by atoms with van der Waals surface area (Å²) in [5, 5.41) is 11.5. The second-order valence-electron chi connectivity index (χ2n) is 16.3. The molecule has 0 saturated heterocycles. The molecule has 0 unspecified atom stereocenters. The van der Waals surface area contributed by atoms with Gasteiger partial charge in [-0.1, -0.05) is 0 Å². The van der Waals surface area contributed by atoms with Crippen LogP contribution in [0.2, 0.25) is 0 Å². The summed E-state index contributed by atoms with van der Waals surface area (Å²) in [6.45, 7) is 0. The SMILES string of the molecule is O=C(Nc1cc(C(=O)Nc2ccc(S(=O)(=O)[O-])cc2S(=O)(=O)[O-])cc(C(=O)Nc2ccc(S(=O)(=O)[O-])cc2S(=O)(=O)[O-])c1)Nc1cc(C(=O)Nc2ccc(S(=O)(=O)[O-])cc2S(=O)(=O)[O-])cc(C(=O)Nc2ccc(S(=O)(=O)[O-])cc2S(=O)(=O)[O-])c1.[Na+].[Na+].[Na+].[Na+].[Na+]. The van der Waals surface area contributed by atoms with Gasteiger partial charge in [-0.3, -0.25) is 19.2 Å². The van der Waals surface area contributed by atoms with Crippen LogP contribution in [-0.4, -0.2) is 133 Å². The van der Waals surface area contributed by atoms with E-state index in [0.717, 1.165) is 0 Å². The fourth-order valence-electron chi connectivity index (χ4n) is 6.87. The van der Waals surface area contributed by atoms with Crippen LogP contribution < -0.4 is 180 Å². The van der Waals surface area contributed by atoms with E-state index in [9.17, 15) is 128 Å². The minimum absolute atomic E-state index is 0. The Morgan fingerprint density at radius 3 is 0.584 bits per heavy atom. The molecule has 448 valence electrons. The molecule has 0 spiro atoms. The summed E-state index contributed by atoms with van der Waals surface area (Å²) >= 11 is 0. The molecule has 0 aliphatic rings. The number of anilines is 6. The van der Waals surface area contributed by atoms with Crippen LogP contribution in [0, 0.1) is 0 Å². The van der Waals surface area contributed by atoms with E-state index in [1.54, 1.807) is 0 Å². The molecule has 6 rings (SSSR count). The van der Waals surface area contributed by atoms with E-state index in [1.165, 1.54) is 0 Å². The van der Waals surface area contributed by atoms with E-state index in [2.05, 4.69) is 0 Å². The molecule has 0 aromatic heterocycles. The first-order valence-electron chi connectivity index (χ1n) is 21.1. The van der Waals surface area contributed by atoms with Gasteiger partial charge in [-0.05, 0) is 109 Å². The first-order valence-corrected chi connectivity index (χ1v) is 32.3. The van der Waals surface area contributed by atoms with Crippen molar-refractivity contribution in [1.29, 1.82) is 0 Å². The summed E-state index contributed by atoms with van der Waals surface area (Å²) in [7, 11) is -44.9. The van der Waals surface area contributed by atoms with Gasteiger partial charge in [0, 0.05) is 33.6 Å². The molecule has 6 N–H and O–H groups in total. The van der Waals surface area contributed by atoms with Crippen LogP contribution in [0.15, 0.2) is 148 Å². The predicted octanol–water partition coefficient (Wildman–Crippen LogP) is -15.4. The minimum Gasteiger partial charge on any atom is -0.744 e. The number of hydrogen-bond donors (Lipinski definition) is 6. The summed E-state index contributed by atoms with van der Waals surface area (Å²) < 4.78 is 285. The van der Waals surface area contributed by atoms with Crippen LogP contribution in [0.3, 0.4) is 0 Å². The Morgan fingerprint density at radius 2 is 0.427 bits per heavy atom. The van der Waals surface area contributed by atoms with Gasteiger partial charge in [0.1, 0.15) is 80.9 Å². The number of urea groups is 1. The third-order valence-electron chi connectivity index (χ3n) is 10.5. The van der Waals surface area contributed by atoms with E-state index in [1.807, 2.05) is 31.9 Å². The maximum absolute atomic E-state index is 13.8. The smallest absolute Gasteiger partial charge is 0.744 e. The first kappa shape index (κ1) is 83.8. The number of nitrogens with one attached hydrogen (secondary N) is 6. The van der Waals surface area contributed by atoms with Crippen molar-refractivity contribution in [3.05, 3.63) is 131 Å². The van der Waals surface area contributed by atoms with Gasteiger partial charge in [0.15, 0.2) is 0 Å². The first-order chi connectivity index (χ1) is 38.2. The van der Waals surface area contributed by atoms with Crippen molar-refractivity contribution in [2.75, 3.05) is 31.9 Å². The van der Waals surface area contributed by atoms with Gasteiger partial charge >= 0.3 is 154 Å². The number of carbonyl (C=O) groups excluding carboxylic acids is 5. The largest absolute Gasteiger partial charge is 1.00 e. The monoisotopic (exact) mass is 1430 g/mol. The number of hydrogen-bond acceptors (Lipinski definition) is 29. The maximum Gasteiger partial charge on any atom is 1.00 e. The van der Waals surface area contributed by atoms with Crippen LogP contribution in [0.5, 0.6) is 0 Å². The van der Waals surface area contributed by atoms with Gasteiger partial charge in [0.2, 0.25) is 0 Å². The van der Waals surface area contributed by atoms with E-state index in [4.69, 9.17) is 0 Å². The predicted molar refractivity (Wildman–Crippen MR) is 267 cm³/mol. The zero-order valence-electron chi connectivity index (χ0n) is 45.0. The molecule has 0 heterocycles. The molecule has 0 aliphatic heterocycles. The van der Waals surface area contributed by atoms with Gasteiger partial charge in [-0.25, -0.2) is 72.1 Å². The molecule has 48 heteroatoms. The fourth-order valence-corrected chi connectivity index (χ4v) is 11.8. The molecule has 6 aromatic carbocycles. The summed E-state index contributed by atoms with van der Waals surface area (Å²) in [4.78, 5) is 57.7. The third kappa shape index (κ3) is 22.5. The van der Waals surface area contributed by atoms with Gasteiger partial charge in [-0.15, -0.1) is 0 Å². The van der Waals surface area contributed by atoms with Gasteiger partial charge < -0.3 is 68.3 Å². The van der Waals surface area contributed by atoms with Crippen molar-refractivity contribution < 1.29 is 276 Å². The molecule has 6 amide bonds. The molecule has 0 saturated carbocycles. The molecular weight excluding hydrogens is 1410 g/mol. The summed E-state index contributed by atoms with van der Waals surface area (Å²) in [5.41, 5.74) is -9.21. The average molecular weight is 1440 g/mol. The van der Waals surface area contributed by atoms with Gasteiger partial charge in [0.25, 0.3) is 23.6 Å². The van der Waals surface area contributed by atoms with Crippen molar-refractivity contribution >= 4 is 145 Å². The van der Waals surface area contributed by atoms with E-state index >= 15 is 0 Å². The van der Waals surface area contributed by atoms with Crippen molar-refractivity contribution in [3.63, 3.8) is 0 Å². The normalized spacial score (nSPS) is 11.9. The summed E-state index contributed by atoms with van der Waals surface area (Å²) in [6.07, 6.45) is 0. The van der Waals surface area contributed by atoms with Crippen LogP contribution in [0.4, 0.5) is 38.9 Å². The van der Waals surface area contributed by atoms with Crippen LogP contribution >= 0.6 is 0 Å². The Kier molecular flexibility index (Phi) is 29.5. The van der Waals surface area contributed by atoms with E-state index in [0.29, 0.717) is 84.9 Å². The number of rotatable bonds is 18. The topological polar surface area (TPSA) is 615 Å². The van der Waals surface area contributed by atoms with Crippen LogP contribution in [0.25, 0.3) is 0 Å². The Balaban J connectivity index is 0.00000792. The molecule has 0 bridgehead atoms. The Morgan fingerprint density at radius 1 is 0.247 bits per heavy atom. The molecule has 6 aromatic rings. The molecule has 0 aliphatic carbocycles. The second kappa shape index (κ2) is 31.3. The molecule has 0 atom stereocenters. The van der Waals surface area contributed by atoms with Gasteiger partial charge in [-0.2, -0.15) is 0 Å². The zero-order chi connectivity index (χ0) is 63.2. The average Bonchev–Trinajstić information content (AvgIpc) is 3.33. The van der Waals surface area contributed by atoms with E-state index in [-0.39, 0.29) is 172 Å². The van der Waals surface area contributed by atoms with Crippen molar-refractivity contribution in [3.8, 4) is 0 Å². The fraction of sp³-hybridized carbons (Fsp3) is 0. The minimum atomic E-state index is -5.77. The van der Waals surface area contributed by atoms with Crippen molar-refractivity contribution in [2.24, 2.45) is 0 Å². The van der Waals surface area contributed by atoms with Crippen molar-refractivity contribution in [2.45, 2.75) is 39.2 Å². The molecule has 0 radical (unpaired) electrons. The van der Waals surface area contributed by atoms with Gasteiger partial charge in [0.05, 0.1) is 61.9 Å². The summed E-state index contributed by atoms with van der Waals surface area (Å²) in [6, 6.07) is 5.93. The Bertz CT molecular complexity index is 4260. The second-order valence-corrected chi connectivity index (χ2v) is 27.2. The van der Waals surface area contributed by atoms with E-state index < -0.39 is 206 Å². The molecular formula is C41H24N6Na5O29S8-3. The van der Waals surface area contributed by atoms with Crippen LogP contribution in [0.1, 0.15) is 41.4 Å². The van der Waals surface area contributed by atoms with Crippen LogP contribution in [-0.2, 0) is 80.9 Å². The zero-order valence-corrected chi connectivity index (χ0v) is 61.5. The number of amides is 6. The maximum atomic E-state index is 13.8. The van der Waals surface area contributed by atoms with Crippen molar-refractivity contribution in [1.82, 2.24) is 0 Å². The Labute approximate surface area is 614 Å². The quantitative estimate of drug-likeness (QED) is 0.0344. The third-order valence-corrected chi connectivity index (χ3v) is 17.3. The number of carbonyl (C=O) groups is 5. The Hall–Kier alpha value is -3.25. The molecule has 89 heavy (non-hydrogen) atoms. The standard InChI is InChI=1S/C41H32N6O29S8.5Na/c48-37(44-29-5-1-25(77(53,54)55)15-33(29)81(65,66)67)19-9-20(38(49)45-30-6-2-26(78(56,57)58)16-34(30)82(68,69)70)12-23(11-19)42-41(52)43-24-13-21(39(50)46-31-7-3-27(79(59,60)61)17-35(31)83(71,72)73)10-22(14-24)40(51)47-32-8-4-28(80(62,63)64)18-36(32)84(74,75)76;;;;;/h1-18H,(H,44,48)(H,45,49)(H,46,50)(H,47,51)(H2,42,43,52)(H,53,54,55)(H,56,57,58)(H,59,60,61)(H,62,63,64)(H,65,66,67)(H,68,69,70)(H,71,72,73)(H,74,75,76);;;;;/q;5*+1/p-8. The molecule has 35 nitrogen and oxygen atoms in total. The summed E-state index contributed by atoms with van der Waals surface area (Å²) in [5.74, 6) is -6.31. The molecule has 0 fully saturated rings. The number of benzene rings is 6.